The number of hydrogen-bond acceptors (Lipinski definition) is 6. The second-order valence-corrected chi connectivity index (χ2v) is 7.60. The Bertz CT molecular complexity index is 938. The van der Waals surface area contributed by atoms with Gasteiger partial charge in [-0.1, -0.05) is 52.6 Å². The van der Waals surface area contributed by atoms with E-state index in [4.69, 9.17) is 9.51 Å². The Morgan fingerprint density at radius 1 is 1.28 bits per heavy atom. The molecular weight excluding hydrogens is 404 g/mol. The number of halogens is 1. The van der Waals surface area contributed by atoms with Gasteiger partial charge >= 0.3 is 0 Å². The van der Waals surface area contributed by atoms with Crippen molar-refractivity contribution in [1.82, 2.24) is 19.7 Å². The Morgan fingerprint density at radius 2 is 2.12 bits per heavy atom. The topological polar surface area (TPSA) is 73.8 Å². The monoisotopic (exact) mass is 422 g/mol. The van der Waals surface area contributed by atoms with Crippen LogP contribution in [0.1, 0.15) is 37.9 Å². The summed E-state index contributed by atoms with van der Waals surface area (Å²) in [4.78, 5) is 21.8. The van der Waals surface area contributed by atoms with Gasteiger partial charge in [0.1, 0.15) is 0 Å². The minimum atomic E-state index is -0.00777. The fourth-order valence-electron chi connectivity index (χ4n) is 2.52. The van der Waals surface area contributed by atoms with Crippen molar-refractivity contribution in [1.29, 1.82) is 0 Å². The van der Waals surface area contributed by atoms with Crippen LogP contribution in [0.2, 0.25) is 0 Å². The summed E-state index contributed by atoms with van der Waals surface area (Å²) in [5, 5.41) is 5.11. The van der Waals surface area contributed by atoms with Crippen LogP contribution in [0.5, 0.6) is 0 Å². The number of benzene rings is 1. The first-order chi connectivity index (χ1) is 12.1. The van der Waals surface area contributed by atoms with Crippen LogP contribution >= 0.6 is 27.7 Å². The van der Waals surface area contributed by atoms with Crippen molar-refractivity contribution in [2.45, 2.75) is 50.6 Å². The molecule has 25 heavy (non-hydrogen) atoms. The SMILES string of the molecule is CCCCCn1c(SCc2nc(C)no2)nc2ccc(Br)cc2c1=O. The molecule has 0 aliphatic carbocycles. The van der Waals surface area contributed by atoms with E-state index in [1.165, 1.54) is 11.8 Å². The summed E-state index contributed by atoms with van der Waals surface area (Å²) in [5.41, 5.74) is 0.691. The van der Waals surface area contributed by atoms with E-state index in [9.17, 15) is 4.79 Å². The van der Waals surface area contributed by atoms with Gasteiger partial charge in [-0.15, -0.1) is 0 Å². The molecule has 0 saturated heterocycles. The predicted octanol–water partition coefficient (Wildman–Crippen LogP) is 4.33. The molecule has 2 aromatic heterocycles. The van der Waals surface area contributed by atoms with E-state index in [0.717, 1.165) is 23.7 Å². The van der Waals surface area contributed by atoms with E-state index in [0.29, 0.717) is 40.1 Å². The minimum absolute atomic E-state index is 0.00777. The zero-order valence-corrected chi connectivity index (χ0v) is 16.6. The standard InChI is InChI=1S/C17H19BrN4O2S/c1-3-4-5-8-22-16(23)13-9-12(18)6-7-14(13)20-17(22)25-10-15-19-11(2)21-24-15/h6-7,9H,3-5,8,10H2,1-2H3. The molecule has 0 radical (unpaired) electrons. The second-order valence-electron chi connectivity index (χ2n) is 5.74. The number of aromatic nitrogens is 4. The van der Waals surface area contributed by atoms with E-state index in [-0.39, 0.29) is 5.56 Å². The number of unbranched alkanes of at least 4 members (excludes halogenated alkanes) is 2. The summed E-state index contributed by atoms with van der Waals surface area (Å²) in [5.74, 6) is 1.63. The Kier molecular flexibility index (Phi) is 5.90. The molecule has 0 N–H and O–H groups in total. The summed E-state index contributed by atoms with van der Waals surface area (Å²) in [6.07, 6.45) is 3.13. The molecule has 0 unspecified atom stereocenters. The summed E-state index contributed by atoms with van der Waals surface area (Å²) in [7, 11) is 0. The average Bonchev–Trinajstić information content (AvgIpc) is 3.01. The van der Waals surface area contributed by atoms with E-state index >= 15 is 0 Å². The van der Waals surface area contributed by atoms with Gasteiger partial charge in [-0.25, -0.2) is 4.98 Å². The molecule has 132 valence electrons. The maximum absolute atomic E-state index is 12.9. The van der Waals surface area contributed by atoms with Crippen molar-refractivity contribution in [3.8, 4) is 0 Å². The number of fused-ring (bicyclic) bond motifs is 1. The normalized spacial score (nSPS) is 11.3. The number of nitrogens with zero attached hydrogens (tertiary/aromatic N) is 4. The highest BCUT2D eigenvalue weighted by Gasteiger charge is 2.13. The molecule has 0 atom stereocenters. The van der Waals surface area contributed by atoms with E-state index < -0.39 is 0 Å². The zero-order valence-electron chi connectivity index (χ0n) is 14.2. The molecule has 0 spiro atoms. The molecule has 0 fully saturated rings. The van der Waals surface area contributed by atoms with Gasteiger partial charge in [0, 0.05) is 11.0 Å². The second kappa shape index (κ2) is 8.14. The number of aryl methyl sites for hydroxylation is 1. The first-order valence-electron chi connectivity index (χ1n) is 8.20. The highest BCUT2D eigenvalue weighted by Crippen LogP contribution is 2.23. The first kappa shape index (κ1) is 18.1. The van der Waals surface area contributed by atoms with Gasteiger partial charge in [0.25, 0.3) is 5.56 Å². The fraction of sp³-hybridized carbons (Fsp3) is 0.412. The van der Waals surface area contributed by atoms with Gasteiger partial charge < -0.3 is 4.52 Å². The Labute approximate surface area is 158 Å². The molecule has 0 aliphatic heterocycles. The smallest absolute Gasteiger partial charge is 0.262 e. The third-order valence-electron chi connectivity index (χ3n) is 3.76. The van der Waals surface area contributed by atoms with Crippen LogP contribution in [0.3, 0.4) is 0 Å². The Morgan fingerprint density at radius 3 is 2.84 bits per heavy atom. The number of hydrogen-bond donors (Lipinski definition) is 0. The van der Waals surface area contributed by atoms with Crippen molar-refractivity contribution in [2.75, 3.05) is 0 Å². The zero-order chi connectivity index (χ0) is 17.8. The number of rotatable bonds is 7. The van der Waals surface area contributed by atoms with Gasteiger partial charge in [0.2, 0.25) is 5.89 Å². The lowest BCUT2D eigenvalue weighted by molar-refractivity contribution is 0.387. The van der Waals surface area contributed by atoms with Gasteiger partial charge in [-0.2, -0.15) is 4.98 Å². The van der Waals surface area contributed by atoms with Gasteiger partial charge in [-0.3, -0.25) is 9.36 Å². The minimum Gasteiger partial charge on any atom is -0.338 e. The van der Waals surface area contributed by atoms with E-state index in [1.807, 2.05) is 18.2 Å². The van der Waals surface area contributed by atoms with Gasteiger partial charge in [-0.05, 0) is 31.5 Å². The Balaban J connectivity index is 1.96. The van der Waals surface area contributed by atoms with E-state index in [1.54, 1.807) is 11.5 Å². The van der Waals surface area contributed by atoms with E-state index in [2.05, 4.69) is 33.0 Å². The van der Waals surface area contributed by atoms with Crippen molar-refractivity contribution >= 4 is 38.6 Å². The van der Waals surface area contributed by atoms with Gasteiger partial charge in [0.05, 0.1) is 16.7 Å². The highest BCUT2D eigenvalue weighted by molar-refractivity contribution is 9.10. The Hall–Kier alpha value is -1.67. The van der Waals surface area contributed by atoms with Crippen LogP contribution in [-0.2, 0) is 12.3 Å². The molecule has 0 amide bonds. The third kappa shape index (κ3) is 4.30. The molecule has 6 nitrogen and oxygen atoms in total. The quantitative estimate of drug-likeness (QED) is 0.320. The summed E-state index contributed by atoms with van der Waals surface area (Å²) < 4.78 is 7.79. The van der Waals surface area contributed by atoms with Crippen LogP contribution < -0.4 is 5.56 Å². The molecule has 8 heteroatoms. The van der Waals surface area contributed by atoms with Crippen molar-refractivity contribution in [2.24, 2.45) is 0 Å². The third-order valence-corrected chi connectivity index (χ3v) is 5.22. The maximum Gasteiger partial charge on any atom is 0.262 e. The highest BCUT2D eigenvalue weighted by atomic mass is 79.9. The predicted molar refractivity (Wildman–Crippen MR) is 102 cm³/mol. The average molecular weight is 423 g/mol. The van der Waals surface area contributed by atoms with Crippen molar-refractivity contribution in [3.05, 3.63) is 44.7 Å². The first-order valence-corrected chi connectivity index (χ1v) is 9.98. The lowest BCUT2D eigenvalue weighted by atomic mass is 10.2. The summed E-state index contributed by atoms with van der Waals surface area (Å²) in [6.45, 7) is 4.59. The molecule has 1 aromatic carbocycles. The molecular formula is C17H19BrN4O2S. The number of thioether (sulfide) groups is 1. The van der Waals surface area contributed by atoms with Crippen LogP contribution in [0.15, 0.2) is 37.1 Å². The molecule has 3 rings (SSSR count). The molecule has 0 bridgehead atoms. The molecule has 3 aromatic rings. The summed E-state index contributed by atoms with van der Waals surface area (Å²) >= 11 is 4.88. The van der Waals surface area contributed by atoms with Crippen LogP contribution in [-0.4, -0.2) is 19.7 Å². The van der Waals surface area contributed by atoms with Crippen LogP contribution in [0, 0.1) is 6.92 Å². The maximum atomic E-state index is 12.9. The lowest BCUT2D eigenvalue weighted by Crippen LogP contribution is -2.23. The van der Waals surface area contributed by atoms with Crippen LogP contribution in [0.4, 0.5) is 0 Å². The largest absolute Gasteiger partial charge is 0.338 e. The molecule has 0 aliphatic rings. The van der Waals surface area contributed by atoms with Gasteiger partial charge in [0.15, 0.2) is 11.0 Å². The van der Waals surface area contributed by atoms with Crippen LogP contribution in [0.25, 0.3) is 10.9 Å². The van der Waals surface area contributed by atoms with Crippen molar-refractivity contribution < 1.29 is 4.52 Å². The summed E-state index contributed by atoms with van der Waals surface area (Å²) in [6, 6.07) is 5.58. The fourth-order valence-corrected chi connectivity index (χ4v) is 3.75. The molecule has 2 heterocycles. The van der Waals surface area contributed by atoms with Crippen molar-refractivity contribution in [3.63, 3.8) is 0 Å². The molecule has 0 saturated carbocycles. The lowest BCUT2D eigenvalue weighted by Gasteiger charge is -2.12.